The second kappa shape index (κ2) is 11.1. The molecular formula is C18H12CuN4O6. The van der Waals surface area contributed by atoms with Gasteiger partial charge in [-0.05, 0) is 24.3 Å². The van der Waals surface area contributed by atoms with Crippen LogP contribution in [0.3, 0.4) is 0 Å². The van der Waals surface area contributed by atoms with E-state index in [2.05, 4.69) is 34.2 Å². The van der Waals surface area contributed by atoms with Crippen molar-refractivity contribution in [1.29, 1.82) is 0 Å². The Bertz CT molecular complexity index is 1030. The van der Waals surface area contributed by atoms with Gasteiger partial charge < -0.3 is 30.6 Å². The Morgan fingerprint density at radius 1 is 0.552 bits per heavy atom. The smallest absolute Gasteiger partial charge is 0.356 e. The third-order valence-corrected chi connectivity index (χ3v) is 3.46. The molecule has 0 aliphatic carbocycles. The van der Waals surface area contributed by atoms with E-state index in [1.807, 2.05) is 48.5 Å². The molecule has 4 aromatic rings. The van der Waals surface area contributed by atoms with E-state index < -0.39 is 10.2 Å². The van der Waals surface area contributed by atoms with Crippen LogP contribution in [-0.2, 0) is 17.1 Å². The van der Waals surface area contributed by atoms with Crippen molar-refractivity contribution < 1.29 is 27.2 Å². The Morgan fingerprint density at radius 3 is 1.21 bits per heavy atom. The van der Waals surface area contributed by atoms with Gasteiger partial charge in [-0.25, -0.2) is 9.97 Å². The molecule has 0 N–H and O–H groups in total. The van der Waals surface area contributed by atoms with Crippen molar-refractivity contribution in [3.05, 3.63) is 103 Å². The van der Waals surface area contributed by atoms with Crippen LogP contribution in [-0.4, -0.2) is 20.1 Å². The summed E-state index contributed by atoms with van der Waals surface area (Å²) < 4.78 is 0. The number of pyridine rings is 2. The van der Waals surface area contributed by atoms with Crippen molar-refractivity contribution in [3.63, 3.8) is 0 Å². The van der Waals surface area contributed by atoms with Gasteiger partial charge in [0.2, 0.25) is 0 Å². The Kier molecular flexibility index (Phi) is 8.90. The molecule has 0 saturated heterocycles. The van der Waals surface area contributed by atoms with Gasteiger partial charge in [-0.1, -0.05) is 48.5 Å². The first-order chi connectivity index (χ1) is 13.4. The second-order valence-corrected chi connectivity index (χ2v) is 5.23. The zero-order valence-corrected chi connectivity index (χ0v) is 15.4. The molecule has 0 fully saturated rings. The summed E-state index contributed by atoms with van der Waals surface area (Å²) in [5.41, 5.74) is 3.82. The molecule has 2 aromatic carbocycles. The van der Waals surface area contributed by atoms with Crippen LogP contribution in [0.4, 0.5) is 0 Å². The van der Waals surface area contributed by atoms with E-state index >= 15 is 0 Å². The molecule has 0 spiro atoms. The SMILES string of the molecule is O=[N+]([O-])[O-].O=[N+]([O-])[O-].[Cu+2].c1ccc2nc(-c3ccc4ccccc4n3)ccc2c1. The fourth-order valence-electron chi connectivity index (χ4n) is 2.42. The standard InChI is InChI=1S/C18H12N2.Cu.2NO3/c1-3-7-15-13(5-1)9-11-17(19-15)18-12-10-14-6-2-4-8-16(14)20-18;;2*2-1(3)4/h1-12H;;;/q;+2;2*-1. The maximum atomic E-state index is 8.25. The van der Waals surface area contributed by atoms with E-state index in [4.69, 9.17) is 30.6 Å². The van der Waals surface area contributed by atoms with Gasteiger partial charge in [0.05, 0.1) is 32.6 Å². The zero-order chi connectivity index (χ0) is 20.5. The summed E-state index contributed by atoms with van der Waals surface area (Å²) in [5.74, 6) is 0. The number of benzene rings is 2. The first-order valence-corrected chi connectivity index (χ1v) is 7.72. The van der Waals surface area contributed by atoms with Gasteiger partial charge in [0.1, 0.15) is 0 Å². The number of aromatic nitrogens is 2. The number of hydrogen-bond donors (Lipinski definition) is 0. The predicted molar refractivity (Wildman–Crippen MR) is 103 cm³/mol. The van der Waals surface area contributed by atoms with E-state index in [1.165, 1.54) is 0 Å². The Hall–Kier alpha value is -3.82. The van der Waals surface area contributed by atoms with Gasteiger partial charge in [-0.2, -0.15) is 0 Å². The van der Waals surface area contributed by atoms with Crippen LogP contribution in [0.15, 0.2) is 72.8 Å². The zero-order valence-electron chi connectivity index (χ0n) is 14.5. The van der Waals surface area contributed by atoms with E-state index in [0.717, 1.165) is 33.2 Å². The van der Waals surface area contributed by atoms with Crippen LogP contribution >= 0.6 is 0 Å². The van der Waals surface area contributed by atoms with Crippen LogP contribution in [0.2, 0.25) is 0 Å². The minimum atomic E-state index is -1.75. The summed E-state index contributed by atoms with van der Waals surface area (Å²) >= 11 is 0. The summed E-state index contributed by atoms with van der Waals surface area (Å²) in [4.78, 5) is 25.9. The van der Waals surface area contributed by atoms with Gasteiger partial charge in [-0.15, -0.1) is 0 Å². The van der Waals surface area contributed by atoms with Gasteiger partial charge in [0, 0.05) is 10.8 Å². The van der Waals surface area contributed by atoms with Gasteiger partial charge in [0.25, 0.3) is 0 Å². The molecule has 2 aromatic heterocycles. The molecule has 0 unspecified atom stereocenters. The van der Waals surface area contributed by atoms with Crippen LogP contribution < -0.4 is 0 Å². The van der Waals surface area contributed by atoms with E-state index in [9.17, 15) is 0 Å². The number of para-hydroxylation sites is 2. The van der Waals surface area contributed by atoms with Gasteiger partial charge in [-0.3, -0.25) is 0 Å². The average molecular weight is 444 g/mol. The molecule has 0 saturated carbocycles. The van der Waals surface area contributed by atoms with Gasteiger partial charge in [0.15, 0.2) is 0 Å². The van der Waals surface area contributed by atoms with Crippen molar-refractivity contribution in [2.24, 2.45) is 0 Å². The van der Waals surface area contributed by atoms with Crippen LogP contribution in [0, 0.1) is 30.6 Å². The van der Waals surface area contributed by atoms with Crippen molar-refractivity contribution >= 4 is 21.8 Å². The maximum absolute atomic E-state index is 8.25. The quantitative estimate of drug-likeness (QED) is 0.242. The summed E-state index contributed by atoms with van der Waals surface area (Å²) in [7, 11) is 0. The largest absolute Gasteiger partial charge is 2.00 e. The molecule has 4 rings (SSSR count). The Morgan fingerprint density at radius 2 is 0.862 bits per heavy atom. The number of rotatable bonds is 1. The summed E-state index contributed by atoms with van der Waals surface area (Å²) in [6, 6.07) is 24.5. The Balaban J connectivity index is 0.000000405. The first kappa shape index (κ1) is 23.2. The Labute approximate surface area is 174 Å². The summed E-state index contributed by atoms with van der Waals surface area (Å²) in [5, 5.41) is 31.8. The molecule has 0 amide bonds. The molecule has 151 valence electrons. The monoisotopic (exact) mass is 443 g/mol. The van der Waals surface area contributed by atoms with Crippen molar-refractivity contribution in [2.45, 2.75) is 0 Å². The van der Waals surface area contributed by atoms with E-state index in [0.29, 0.717) is 0 Å². The molecule has 0 aliphatic heterocycles. The molecule has 0 atom stereocenters. The molecular weight excluding hydrogens is 432 g/mol. The van der Waals surface area contributed by atoms with Crippen molar-refractivity contribution in [2.75, 3.05) is 0 Å². The van der Waals surface area contributed by atoms with Crippen LogP contribution in [0.5, 0.6) is 0 Å². The van der Waals surface area contributed by atoms with Crippen molar-refractivity contribution in [1.82, 2.24) is 9.97 Å². The number of fused-ring (bicyclic) bond motifs is 2. The molecule has 1 radical (unpaired) electrons. The van der Waals surface area contributed by atoms with Crippen molar-refractivity contribution in [3.8, 4) is 11.4 Å². The average Bonchev–Trinajstić information content (AvgIpc) is 2.66. The first-order valence-electron chi connectivity index (χ1n) is 7.72. The molecule has 29 heavy (non-hydrogen) atoms. The van der Waals surface area contributed by atoms with Crippen LogP contribution in [0.1, 0.15) is 0 Å². The normalized spacial score (nSPS) is 9.24. The van der Waals surface area contributed by atoms with Gasteiger partial charge >= 0.3 is 17.1 Å². The van der Waals surface area contributed by atoms with E-state index in [1.54, 1.807) is 0 Å². The van der Waals surface area contributed by atoms with E-state index in [-0.39, 0.29) is 17.1 Å². The summed E-state index contributed by atoms with van der Waals surface area (Å²) in [6.45, 7) is 0. The third-order valence-electron chi connectivity index (χ3n) is 3.46. The predicted octanol–water partition coefficient (Wildman–Crippen LogP) is 3.97. The minimum Gasteiger partial charge on any atom is -0.356 e. The maximum Gasteiger partial charge on any atom is 2.00 e. The number of hydrogen-bond acceptors (Lipinski definition) is 8. The fraction of sp³-hybridized carbons (Fsp3) is 0. The minimum absolute atomic E-state index is 0. The third kappa shape index (κ3) is 7.37. The molecule has 10 nitrogen and oxygen atoms in total. The summed E-state index contributed by atoms with van der Waals surface area (Å²) in [6.07, 6.45) is 0. The van der Waals surface area contributed by atoms with Crippen LogP contribution in [0.25, 0.3) is 33.2 Å². The molecule has 0 aliphatic rings. The molecule has 0 bridgehead atoms. The topological polar surface area (TPSA) is 158 Å². The molecule has 11 heteroatoms. The second-order valence-electron chi connectivity index (χ2n) is 5.23. The number of nitrogens with zero attached hydrogens (tertiary/aromatic N) is 4. The fourth-order valence-corrected chi connectivity index (χ4v) is 2.42. The molecule has 2 heterocycles.